The molecule has 6 nitrogen and oxygen atoms in total. The molecular weight excluding hydrogens is 350 g/mol. The number of rotatable bonds is 5. The van der Waals surface area contributed by atoms with Crippen LogP contribution < -0.4 is 10.7 Å². The summed E-state index contributed by atoms with van der Waals surface area (Å²) in [5.74, 6) is -0.210. The first-order chi connectivity index (χ1) is 12.5. The lowest BCUT2D eigenvalue weighted by atomic mass is 10.1. The van der Waals surface area contributed by atoms with Gasteiger partial charge in [0.1, 0.15) is 12.1 Å². The van der Waals surface area contributed by atoms with Crippen LogP contribution in [0.1, 0.15) is 18.1 Å². The highest BCUT2D eigenvalue weighted by Gasteiger charge is 2.04. The van der Waals surface area contributed by atoms with Gasteiger partial charge in [-0.05, 0) is 35.4 Å². The molecule has 1 amide bonds. The van der Waals surface area contributed by atoms with Crippen LogP contribution in [0, 0.1) is 22.7 Å². The number of anilines is 2. The van der Waals surface area contributed by atoms with Crippen LogP contribution in [-0.4, -0.2) is 11.6 Å². The van der Waals surface area contributed by atoms with Crippen LogP contribution in [0.25, 0.3) is 12.2 Å². The summed E-state index contributed by atoms with van der Waals surface area (Å²) < 4.78 is 0. The fourth-order valence-electron chi connectivity index (χ4n) is 2.03. The van der Waals surface area contributed by atoms with Gasteiger partial charge in [0.25, 0.3) is 0 Å². The molecule has 0 bridgehead atoms. The molecule has 0 aromatic heterocycles. The number of carbonyl (C=O) groups excluding carboxylic acids is 1. The lowest BCUT2D eigenvalue weighted by Crippen LogP contribution is -2.06. The molecule has 0 aliphatic carbocycles. The SMILES string of the molecule is CC(=O)Nc1ccc(C=Cc2ccc(Cl)cc2)c(NN=C(C#N)C#N)c1. The maximum atomic E-state index is 11.2. The Morgan fingerprint density at radius 2 is 1.81 bits per heavy atom. The maximum absolute atomic E-state index is 11.2. The highest BCUT2D eigenvalue weighted by Crippen LogP contribution is 2.24. The molecule has 2 N–H and O–H groups in total. The fraction of sp³-hybridized carbons (Fsp3) is 0.0526. The van der Waals surface area contributed by atoms with Crippen molar-refractivity contribution in [1.82, 2.24) is 0 Å². The quantitative estimate of drug-likeness (QED) is 0.470. The lowest BCUT2D eigenvalue weighted by molar-refractivity contribution is -0.114. The molecule has 0 fully saturated rings. The smallest absolute Gasteiger partial charge is 0.237 e. The second-order valence-corrected chi connectivity index (χ2v) is 5.60. The Hall–Kier alpha value is -3.61. The first-order valence-electron chi connectivity index (χ1n) is 7.51. The van der Waals surface area contributed by atoms with Gasteiger partial charge in [-0.15, -0.1) is 0 Å². The van der Waals surface area contributed by atoms with Gasteiger partial charge in [-0.25, -0.2) is 0 Å². The van der Waals surface area contributed by atoms with E-state index in [0.29, 0.717) is 16.4 Å². The molecule has 128 valence electrons. The van der Waals surface area contributed by atoms with Crippen LogP contribution >= 0.6 is 11.6 Å². The van der Waals surface area contributed by atoms with Gasteiger partial charge in [0.05, 0.1) is 5.69 Å². The second kappa shape index (κ2) is 9.03. The Bertz CT molecular complexity index is 933. The molecule has 0 atom stereocenters. The average Bonchev–Trinajstić information content (AvgIpc) is 2.62. The topological polar surface area (TPSA) is 101 Å². The van der Waals surface area contributed by atoms with Gasteiger partial charge in [-0.3, -0.25) is 10.2 Å². The number of nitrogens with zero attached hydrogens (tertiary/aromatic N) is 3. The summed E-state index contributed by atoms with van der Waals surface area (Å²) in [7, 11) is 0. The van der Waals surface area contributed by atoms with Gasteiger partial charge in [-0.2, -0.15) is 15.6 Å². The Morgan fingerprint density at radius 3 is 2.42 bits per heavy atom. The number of hydrazone groups is 1. The summed E-state index contributed by atoms with van der Waals surface area (Å²) in [6, 6.07) is 15.9. The number of hydrogen-bond acceptors (Lipinski definition) is 5. The van der Waals surface area contributed by atoms with E-state index in [0.717, 1.165) is 11.1 Å². The lowest BCUT2D eigenvalue weighted by Gasteiger charge is -2.09. The standard InChI is InChI=1S/C19H14ClN5O/c1-13(26)23-17-9-6-15(5-2-14-3-7-16(20)8-4-14)19(10-17)25-24-18(11-21)12-22/h2-10,25H,1H3,(H,23,26). The first-order valence-corrected chi connectivity index (χ1v) is 7.89. The normalized spacial score (nSPS) is 9.85. The third-order valence-corrected chi connectivity index (χ3v) is 3.45. The zero-order chi connectivity index (χ0) is 18.9. The number of benzene rings is 2. The van der Waals surface area contributed by atoms with E-state index in [1.165, 1.54) is 6.92 Å². The van der Waals surface area contributed by atoms with Crippen LogP contribution in [0.2, 0.25) is 5.02 Å². The summed E-state index contributed by atoms with van der Waals surface area (Å²) in [5.41, 5.74) is 5.19. The molecule has 0 aliphatic heterocycles. The predicted octanol–water partition coefficient (Wildman–Crippen LogP) is 4.28. The van der Waals surface area contributed by atoms with Crippen molar-refractivity contribution < 1.29 is 4.79 Å². The van der Waals surface area contributed by atoms with Crippen molar-refractivity contribution in [2.24, 2.45) is 5.10 Å². The van der Waals surface area contributed by atoms with Crippen LogP contribution in [0.4, 0.5) is 11.4 Å². The summed E-state index contributed by atoms with van der Waals surface area (Å²) in [6.45, 7) is 1.41. The van der Waals surface area contributed by atoms with Crippen LogP contribution in [0.3, 0.4) is 0 Å². The van der Waals surface area contributed by atoms with E-state index in [2.05, 4.69) is 15.8 Å². The number of nitriles is 2. The van der Waals surface area contributed by atoms with Crippen molar-refractivity contribution in [2.75, 3.05) is 10.7 Å². The highest BCUT2D eigenvalue weighted by atomic mass is 35.5. The summed E-state index contributed by atoms with van der Waals surface area (Å²) in [4.78, 5) is 11.2. The minimum atomic E-state index is -0.303. The Balaban J connectivity index is 2.35. The molecule has 0 saturated carbocycles. The molecule has 0 unspecified atom stereocenters. The van der Waals surface area contributed by atoms with Crippen molar-refractivity contribution in [3.63, 3.8) is 0 Å². The van der Waals surface area contributed by atoms with E-state index in [9.17, 15) is 4.79 Å². The molecule has 26 heavy (non-hydrogen) atoms. The van der Waals surface area contributed by atoms with Crippen LogP contribution in [-0.2, 0) is 4.79 Å². The van der Waals surface area contributed by atoms with Crippen LogP contribution in [0.15, 0.2) is 47.6 Å². The third kappa shape index (κ3) is 5.48. The van der Waals surface area contributed by atoms with Gasteiger partial charge in [-0.1, -0.05) is 42.0 Å². The molecule has 2 aromatic rings. The molecule has 7 heteroatoms. The largest absolute Gasteiger partial charge is 0.326 e. The third-order valence-electron chi connectivity index (χ3n) is 3.20. The van der Waals surface area contributed by atoms with E-state index in [-0.39, 0.29) is 11.6 Å². The van der Waals surface area contributed by atoms with E-state index < -0.39 is 0 Å². The number of amides is 1. The molecule has 0 radical (unpaired) electrons. The first kappa shape index (κ1) is 18.7. The molecule has 0 heterocycles. The van der Waals surface area contributed by atoms with Gasteiger partial charge in [0.15, 0.2) is 0 Å². The number of carbonyl (C=O) groups is 1. The summed E-state index contributed by atoms with van der Waals surface area (Å²) in [5, 5.41) is 24.7. The van der Waals surface area contributed by atoms with Crippen LogP contribution in [0.5, 0.6) is 0 Å². The Morgan fingerprint density at radius 1 is 1.12 bits per heavy atom. The molecule has 2 rings (SSSR count). The second-order valence-electron chi connectivity index (χ2n) is 5.16. The zero-order valence-electron chi connectivity index (χ0n) is 13.8. The molecule has 0 saturated heterocycles. The van der Waals surface area contributed by atoms with Crippen molar-refractivity contribution >= 4 is 46.7 Å². The van der Waals surface area contributed by atoms with Gasteiger partial charge in [0, 0.05) is 17.6 Å². The molecule has 0 aliphatic rings. The summed E-state index contributed by atoms with van der Waals surface area (Å²) in [6.07, 6.45) is 3.73. The van der Waals surface area contributed by atoms with Crippen molar-refractivity contribution in [3.05, 3.63) is 58.6 Å². The van der Waals surface area contributed by atoms with Crippen molar-refractivity contribution in [1.29, 1.82) is 10.5 Å². The Labute approximate surface area is 156 Å². The maximum Gasteiger partial charge on any atom is 0.237 e. The van der Waals surface area contributed by atoms with Crippen molar-refractivity contribution in [2.45, 2.75) is 6.92 Å². The molecule has 0 spiro atoms. The van der Waals surface area contributed by atoms with Crippen molar-refractivity contribution in [3.8, 4) is 12.1 Å². The highest BCUT2D eigenvalue weighted by molar-refractivity contribution is 6.30. The molecule has 2 aromatic carbocycles. The van der Waals surface area contributed by atoms with Gasteiger partial charge in [0.2, 0.25) is 11.6 Å². The Kier molecular flexibility index (Phi) is 6.50. The minimum Gasteiger partial charge on any atom is -0.326 e. The zero-order valence-corrected chi connectivity index (χ0v) is 14.6. The number of hydrogen-bond donors (Lipinski definition) is 2. The predicted molar refractivity (Wildman–Crippen MR) is 103 cm³/mol. The summed E-state index contributed by atoms with van der Waals surface area (Å²) >= 11 is 5.88. The monoisotopic (exact) mass is 363 g/mol. The average molecular weight is 364 g/mol. The van der Waals surface area contributed by atoms with E-state index >= 15 is 0 Å². The van der Waals surface area contributed by atoms with E-state index in [1.807, 2.05) is 24.3 Å². The van der Waals surface area contributed by atoms with Gasteiger partial charge < -0.3 is 5.32 Å². The number of halogens is 1. The molecular formula is C19H14ClN5O. The van der Waals surface area contributed by atoms with Gasteiger partial charge >= 0.3 is 0 Å². The van der Waals surface area contributed by atoms with E-state index in [4.69, 9.17) is 22.1 Å². The number of nitrogens with one attached hydrogen (secondary N) is 2. The van der Waals surface area contributed by atoms with E-state index in [1.54, 1.807) is 42.5 Å². The fourth-order valence-corrected chi connectivity index (χ4v) is 2.16. The minimum absolute atomic E-state index is 0.210.